The fraction of sp³-hybridized carbons (Fsp3) is 0.508. The number of H-pyrrole nitrogens is 2. The van der Waals surface area contributed by atoms with Crippen LogP contribution >= 0.6 is 0 Å². The van der Waals surface area contributed by atoms with Crippen molar-refractivity contribution in [2.75, 3.05) is 50.8 Å². The lowest BCUT2D eigenvalue weighted by atomic mass is 9.83. The van der Waals surface area contributed by atoms with E-state index >= 15 is 17.6 Å². The Balaban J connectivity index is 0.993. The van der Waals surface area contributed by atoms with Crippen molar-refractivity contribution in [3.8, 4) is 0 Å². The second kappa shape index (κ2) is 23.4. The van der Waals surface area contributed by atoms with E-state index in [4.69, 9.17) is 24.2 Å². The SMILES string of the molecule is COC(=O)N[C@H](C(=O)N1CCC[C@H]1c1nc2cc([C@H]3CC[C@H](c4cc5nc([C@@H]6CCCCCC6CC(=O)C[C@@H](C)OC)[nH]c5cc4F)N3c3cc(F)c(N4CCC(c5ccc(F)cc5)CC4)c(F)c3)c(F)cc2[nH]1)[C@@H](C)OC. The second-order valence-electron chi connectivity index (χ2n) is 21.9. The molecule has 4 aliphatic rings. The maximum Gasteiger partial charge on any atom is 0.407 e. The van der Waals surface area contributed by atoms with Gasteiger partial charge in [-0.05, 0) is 131 Å². The van der Waals surface area contributed by atoms with Crippen LogP contribution in [-0.2, 0) is 23.8 Å². The van der Waals surface area contributed by atoms with Gasteiger partial charge in [0.25, 0.3) is 0 Å². The predicted molar refractivity (Wildman–Crippen MR) is 286 cm³/mol. The number of rotatable bonds is 16. The normalized spacial score (nSPS) is 22.5. The van der Waals surface area contributed by atoms with Gasteiger partial charge in [-0.3, -0.25) is 9.59 Å². The molecule has 3 aliphatic heterocycles. The molecule has 78 heavy (non-hydrogen) atoms. The minimum atomic E-state index is -1.06. The van der Waals surface area contributed by atoms with E-state index in [1.807, 2.05) is 6.92 Å². The zero-order valence-corrected chi connectivity index (χ0v) is 44.9. The lowest BCUT2D eigenvalue weighted by Crippen LogP contribution is -2.54. The van der Waals surface area contributed by atoms with Crippen molar-refractivity contribution in [3.05, 3.63) is 118 Å². The van der Waals surface area contributed by atoms with Crippen LogP contribution in [0, 0.1) is 35.0 Å². The number of piperidine rings is 1. The van der Waals surface area contributed by atoms with Crippen LogP contribution in [0.5, 0.6) is 0 Å². The van der Waals surface area contributed by atoms with Gasteiger partial charge in [0, 0.05) is 69.4 Å². The number of fused-ring (bicyclic) bond motifs is 2. The van der Waals surface area contributed by atoms with E-state index < -0.39 is 65.5 Å². The molecule has 14 nitrogen and oxygen atoms in total. The summed E-state index contributed by atoms with van der Waals surface area (Å²) in [6.45, 7) is 4.62. The van der Waals surface area contributed by atoms with Crippen LogP contribution in [0.3, 0.4) is 0 Å². The summed E-state index contributed by atoms with van der Waals surface area (Å²) < 4.78 is 97.1. The minimum absolute atomic E-state index is 0.0405. The quantitative estimate of drug-likeness (QED) is 0.0629. The van der Waals surface area contributed by atoms with E-state index in [1.54, 1.807) is 53.0 Å². The predicted octanol–water partition coefficient (Wildman–Crippen LogP) is 12.1. The largest absolute Gasteiger partial charge is 0.453 e. The molecule has 4 aromatic carbocycles. The highest BCUT2D eigenvalue weighted by atomic mass is 19.1. The molecule has 19 heteroatoms. The molecule has 1 aliphatic carbocycles. The number of aromatic amines is 2. The number of anilines is 2. The number of ketones is 1. The molecular weight excluding hydrogens is 1010 g/mol. The number of aromatic nitrogens is 4. The molecule has 3 saturated heterocycles. The third kappa shape index (κ3) is 11.2. The highest BCUT2D eigenvalue weighted by Gasteiger charge is 2.42. The minimum Gasteiger partial charge on any atom is -0.453 e. The number of methoxy groups -OCH3 is 3. The van der Waals surface area contributed by atoms with Crippen LogP contribution in [0.15, 0.2) is 60.7 Å². The van der Waals surface area contributed by atoms with Gasteiger partial charge in [0.2, 0.25) is 5.91 Å². The number of alkyl carbamates (subject to hydrolysis) is 1. The van der Waals surface area contributed by atoms with E-state index in [0.717, 1.165) is 37.7 Å². The molecule has 2 amide bonds. The number of nitrogens with one attached hydrogen (secondary N) is 3. The zero-order valence-electron chi connectivity index (χ0n) is 44.9. The summed E-state index contributed by atoms with van der Waals surface area (Å²) >= 11 is 0. The smallest absolute Gasteiger partial charge is 0.407 e. The van der Waals surface area contributed by atoms with E-state index in [2.05, 4.69) is 15.3 Å². The van der Waals surface area contributed by atoms with E-state index in [-0.39, 0.29) is 70.8 Å². The van der Waals surface area contributed by atoms with Gasteiger partial charge < -0.3 is 44.2 Å². The first-order valence-corrected chi connectivity index (χ1v) is 27.5. The Morgan fingerprint density at radius 3 is 1.91 bits per heavy atom. The first kappa shape index (κ1) is 54.7. The molecule has 4 fully saturated rings. The van der Waals surface area contributed by atoms with Gasteiger partial charge in [-0.1, -0.05) is 31.4 Å². The van der Waals surface area contributed by atoms with Crippen LogP contribution in [0.25, 0.3) is 22.1 Å². The number of hydrogen-bond acceptors (Lipinski definition) is 10. The van der Waals surface area contributed by atoms with E-state index in [0.29, 0.717) is 91.9 Å². The summed E-state index contributed by atoms with van der Waals surface area (Å²) in [6, 6.07) is 11.6. The summed E-state index contributed by atoms with van der Waals surface area (Å²) in [7, 11) is 4.23. The fourth-order valence-electron chi connectivity index (χ4n) is 12.9. The van der Waals surface area contributed by atoms with Crippen molar-refractivity contribution in [2.45, 2.75) is 146 Å². The molecule has 8 atom stereocenters. The second-order valence-corrected chi connectivity index (χ2v) is 21.9. The highest BCUT2D eigenvalue weighted by molar-refractivity contribution is 5.87. The molecule has 0 radical (unpaired) electrons. The number of Topliss-reactive ketones (excluding diaryl/α,β-unsaturated/α-hetero) is 1. The van der Waals surface area contributed by atoms with Gasteiger partial charge >= 0.3 is 6.09 Å². The molecule has 416 valence electrons. The van der Waals surface area contributed by atoms with Gasteiger partial charge in [-0.15, -0.1) is 0 Å². The Morgan fingerprint density at radius 1 is 0.679 bits per heavy atom. The molecule has 0 spiro atoms. The molecule has 1 saturated carbocycles. The number of carbonyl (C=O) groups is 3. The van der Waals surface area contributed by atoms with Crippen LogP contribution < -0.4 is 15.1 Å². The van der Waals surface area contributed by atoms with E-state index in [9.17, 15) is 18.8 Å². The van der Waals surface area contributed by atoms with Crippen molar-refractivity contribution in [1.29, 1.82) is 0 Å². The average Bonchev–Trinajstić information content (AvgIpc) is 4.24. The number of halogens is 5. The van der Waals surface area contributed by atoms with Crippen LogP contribution in [-0.4, -0.2) is 102 Å². The molecule has 5 heterocycles. The number of hydrogen-bond donors (Lipinski definition) is 3. The molecule has 10 rings (SSSR count). The van der Waals surface area contributed by atoms with Gasteiger partial charge in [0.1, 0.15) is 46.6 Å². The number of carbonyl (C=O) groups excluding carboxylic acids is 3. The topological polar surface area (TPSA) is 158 Å². The Bertz CT molecular complexity index is 3120. The summed E-state index contributed by atoms with van der Waals surface area (Å²) in [6.07, 6.45) is 6.60. The lowest BCUT2D eigenvalue weighted by Gasteiger charge is -2.36. The third-order valence-corrected chi connectivity index (χ3v) is 17.1. The Morgan fingerprint density at radius 2 is 1.29 bits per heavy atom. The van der Waals surface area contributed by atoms with Gasteiger partial charge in [0.05, 0.1) is 59.5 Å². The Labute approximate surface area is 450 Å². The third-order valence-electron chi connectivity index (χ3n) is 17.1. The summed E-state index contributed by atoms with van der Waals surface area (Å²) in [5, 5.41) is 2.59. The standard InChI is InChI=1S/C59H69F5N8O6/c1-32(76-3)24-39(73)25-36-10-7-6-8-11-40(36)56-65-47-28-41(43(61)30-49(47)66-56)51-17-18-52(72(51)38-26-45(63)55(46(64)27-38)70-22-19-35(20-23-70)34-13-15-37(60)16-14-34)42-29-48-50(31-44(42)62)68-57(67-48)53-12-9-21-71(53)58(74)54(33(2)77-4)69-59(75)78-5/h13-16,26-33,35-36,40,51-54H,6-12,17-25H2,1-5H3,(H,65,66)(H,67,68)(H,69,75)/t32-,33-,36?,40-,51-,52-,53+,54+/m1/s1. The number of likely N-dealkylation sites (tertiary alicyclic amines) is 1. The molecule has 2 aromatic heterocycles. The number of amides is 2. The van der Waals surface area contributed by atoms with Crippen LogP contribution in [0.4, 0.5) is 38.1 Å². The van der Waals surface area contributed by atoms with Gasteiger partial charge in [0.15, 0.2) is 11.6 Å². The lowest BCUT2D eigenvalue weighted by molar-refractivity contribution is -0.137. The van der Waals surface area contributed by atoms with Crippen molar-refractivity contribution in [2.24, 2.45) is 5.92 Å². The maximum atomic E-state index is 17.0. The van der Waals surface area contributed by atoms with Crippen molar-refractivity contribution in [1.82, 2.24) is 30.2 Å². The van der Waals surface area contributed by atoms with Crippen molar-refractivity contribution < 1.29 is 50.5 Å². The monoisotopic (exact) mass is 1080 g/mol. The number of nitrogens with zero attached hydrogens (tertiary/aromatic N) is 5. The average molecular weight is 1080 g/mol. The van der Waals surface area contributed by atoms with Crippen molar-refractivity contribution >= 4 is 51.2 Å². The number of ether oxygens (including phenoxy) is 3. The van der Waals surface area contributed by atoms with E-state index in [1.165, 1.54) is 50.6 Å². The summed E-state index contributed by atoms with van der Waals surface area (Å²) in [4.78, 5) is 61.2. The Kier molecular flexibility index (Phi) is 16.4. The molecule has 6 aromatic rings. The van der Waals surface area contributed by atoms with Crippen LogP contribution in [0.1, 0.15) is 156 Å². The molecule has 1 unspecified atom stereocenters. The Hall–Kier alpha value is -6.60. The number of benzene rings is 4. The molecule has 0 bridgehead atoms. The van der Waals surface area contributed by atoms with Crippen LogP contribution in [0.2, 0.25) is 0 Å². The zero-order chi connectivity index (χ0) is 54.9. The summed E-state index contributed by atoms with van der Waals surface area (Å²) in [5.74, 6) is -2.26. The maximum absolute atomic E-state index is 17.0. The summed E-state index contributed by atoms with van der Waals surface area (Å²) in [5.41, 5.74) is 3.03. The van der Waals surface area contributed by atoms with Crippen molar-refractivity contribution in [3.63, 3.8) is 0 Å². The molecule has 3 N–H and O–H groups in total. The fourth-order valence-corrected chi connectivity index (χ4v) is 12.9. The first-order valence-electron chi connectivity index (χ1n) is 27.5. The van der Waals surface area contributed by atoms with Gasteiger partial charge in [-0.25, -0.2) is 36.7 Å². The highest BCUT2D eigenvalue weighted by Crippen LogP contribution is 2.50. The first-order chi connectivity index (χ1) is 37.6. The van der Waals surface area contributed by atoms with Gasteiger partial charge in [-0.2, -0.15) is 0 Å². The number of imidazole rings is 2. The molecular formula is C59H69F5N8O6.